The van der Waals surface area contributed by atoms with E-state index in [2.05, 4.69) is 0 Å². The van der Waals surface area contributed by atoms with Crippen molar-refractivity contribution in [2.75, 3.05) is 6.61 Å². The molecule has 2 aromatic rings. The van der Waals surface area contributed by atoms with Crippen molar-refractivity contribution >= 4 is 28.8 Å². The summed E-state index contributed by atoms with van der Waals surface area (Å²) in [6, 6.07) is 15.9. The van der Waals surface area contributed by atoms with E-state index in [1.807, 2.05) is 48.5 Å². The molecule has 20 heavy (non-hydrogen) atoms. The maximum atomic E-state index is 6.25. The van der Waals surface area contributed by atoms with Gasteiger partial charge in [0, 0.05) is 6.42 Å². The van der Waals surface area contributed by atoms with E-state index in [0.717, 1.165) is 17.5 Å². The zero-order valence-corrected chi connectivity index (χ0v) is 12.6. The van der Waals surface area contributed by atoms with Crippen LogP contribution in [0.3, 0.4) is 0 Å². The molecule has 0 spiro atoms. The normalized spacial score (nSPS) is 10.2. The van der Waals surface area contributed by atoms with E-state index in [9.17, 15) is 0 Å². The Morgan fingerprint density at radius 3 is 2.50 bits per heavy atom. The Labute approximate surface area is 129 Å². The van der Waals surface area contributed by atoms with Gasteiger partial charge in [0.05, 0.1) is 16.6 Å². The predicted molar refractivity (Wildman–Crippen MR) is 88.4 cm³/mol. The summed E-state index contributed by atoms with van der Waals surface area (Å²) in [6.07, 6.45) is 1.49. The average Bonchev–Trinajstić information content (AvgIpc) is 2.45. The predicted octanol–water partition coefficient (Wildman–Crippen LogP) is 4.45. The maximum Gasteiger partial charge on any atom is 0.137 e. The highest BCUT2D eigenvalue weighted by Crippen LogP contribution is 2.30. The van der Waals surface area contributed by atoms with Crippen molar-refractivity contribution in [3.05, 3.63) is 53.6 Å². The number of benzene rings is 2. The van der Waals surface area contributed by atoms with E-state index in [4.69, 9.17) is 34.3 Å². The molecule has 0 radical (unpaired) electrons. The number of ether oxygens (including phenoxy) is 1. The molecule has 0 saturated carbocycles. The third-order valence-corrected chi connectivity index (χ3v) is 3.36. The van der Waals surface area contributed by atoms with Crippen LogP contribution in [0.15, 0.2) is 48.5 Å². The molecule has 0 amide bonds. The quantitative estimate of drug-likeness (QED) is 0.632. The molecular weight excluding hydrogens is 290 g/mol. The lowest BCUT2D eigenvalue weighted by molar-refractivity contribution is 0.314. The van der Waals surface area contributed by atoms with Crippen LogP contribution < -0.4 is 10.5 Å². The van der Waals surface area contributed by atoms with E-state index in [-0.39, 0.29) is 0 Å². The van der Waals surface area contributed by atoms with Crippen LogP contribution in [0.4, 0.5) is 0 Å². The van der Waals surface area contributed by atoms with Gasteiger partial charge in [-0.15, -0.1) is 0 Å². The van der Waals surface area contributed by atoms with Crippen LogP contribution in [0.1, 0.15) is 12.8 Å². The summed E-state index contributed by atoms with van der Waals surface area (Å²) in [5, 5.41) is 0.613. The van der Waals surface area contributed by atoms with Crippen molar-refractivity contribution in [1.29, 1.82) is 0 Å². The lowest BCUT2D eigenvalue weighted by Gasteiger charge is -2.09. The lowest BCUT2D eigenvalue weighted by atomic mass is 10.1. The Morgan fingerprint density at radius 2 is 1.85 bits per heavy atom. The largest absolute Gasteiger partial charge is 0.492 e. The minimum Gasteiger partial charge on any atom is -0.492 e. The number of rotatable bonds is 6. The summed E-state index contributed by atoms with van der Waals surface area (Å²) in [5.74, 6) is 0.689. The van der Waals surface area contributed by atoms with Crippen molar-refractivity contribution < 1.29 is 4.74 Å². The highest BCUT2D eigenvalue weighted by Gasteiger charge is 2.04. The van der Waals surface area contributed by atoms with Crippen molar-refractivity contribution in [2.45, 2.75) is 12.8 Å². The number of hydrogen-bond acceptors (Lipinski definition) is 2. The molecule has 0 aliphatic heterocycles. The fourth-order valence-corrected chi connectivity index (χ4v) is 2.24. The van der Waals surface area contributed by atoms with Gasteiger partial charge in [0.25, 0.3) is 0 Å². The molecule has 0 atom stereocenters. The Kier molecular flexibility index (Phi) is 5.39. The van der Waals surface area contributed by atoms with Gasteiger partial charge in [0.2, 0.25) is 0 Å². The molecule has 2 nitrogen and oxygen atoms in total. The Morgan fingerprint density at radius 1 is 1.10 bits per heavy atom. The first-order valence-electron chi connectivity index (χ1n) is 6.43. The molecule has 0 fully saturated rings. The maximum absolute atomic E-state index is 6.25. The topological polar surface area (TPSA) is 35.2 Å². The summed E-state index contributed by atoms with van der Waals surface area (Å²) < 4.78 is 5.63. The zero-order chi connectivity index (χ0) is 14.4. The Hall–Kier alpha value is -1.58. The van der Waals surface area contributed by atoms with Gasteiger partial charge in [-0.05, 0) is 29.7 Å². The zero-order valence-electron chi connectivity index (χ0n) is 11.0. The molecule has 0 heterocycles. The van der Waals surface area contributed by atoms with E-state index in [1.54, 1.807) is 0 Å². The smallest absolute Gasteiger partial charge is 0.137 e. The van der Waals surface area contributed by atoms with E-state index in [0.29, 0.717) is 28.8 Å². The van der Waals surface area contributed by atoms with Gasteiger partial charge < -0.3 is 10.5 Å². The molecule has 2 N–H and O–H groups in total. The highest BCUT2D eigenvalue weighted by molar-refractivity contribution is 7.80. The molecule has 2 aromatic carbocycles. The van der Waals surface area contributed by atoms with Gasteiger partial charge >= 0.3 is 0 Å². The van der Waals surface area contributed by atoms with Crippen LogP contribution >= 0.6 is 23.8 Å². The molecule has 0 saturated heterocycles. The highest BCUT2D eigenvalue weighted by atomic mass is 35.5. The van der Waals surface area contributed by atoms with Gasteiger partial charge in [0.1, 0.15) is 5.75 Å². The lowest BCUT2D eigenvalue weighted by Crippen LogP contribution is -2.09. The summed E-state index contributed by atoms with van der Waals surface area (Å²) >= 11 is 11.1. The van der Waals surface area contributed by atoms with Gasteiger partial charge in [0.15, 0.2) is 0 Å². The SMILES string of the molecule is NC(=S)CCCOc1ccc(-c2ccccc2)cc1Cl. The van der Waals surface area contributed by atoms with Crippen LogP contribution in [-0.4, -0.2) is 11.6 Å². The second-order valence-corrected chi connectivity index (χ2v) is 5.36. The van der Waals surface area contributed by atoms with E-state index < -0.39 is 0 Å². The molecule has 4 heteroatoms. The van der Waals surface area contributed by atoms with Gasteiger partial charge in [-0.25, -0.2) is 0 Å². The van der Waals surface area contributed by atoms with Crippen LogP contribution in [0.5, 0.6) is 5.75 Å². The van der Waals surface area contributed by atoms with Crippen LogP contribution in [0, 0.1) is 0 Å². The first-order chi connectivity index (χ1) is 9.66. The molecule has 0 aliphatic rings. The van der Waals surface area contributed by atoms with Crippen LogP contribution in [0.25, 0.3) is 11.1 Å². The minimum absolute atomic E-state index is 0.513. The molecule has 0 unspecified atom stereocenters. The second-order valence-electron chi connectivity index (χ2n) is 4.43. The molecule has 2 rings (SSSR count). The fraction of sp³-hybridized carbons (Fsp3) is 0.188. The van der Waals surface area contributed by atoms with E-state index >= 15 is 0 Å². The molecule has 0 aromatic heterocycles. The third-order valence-electron chi connectivity index (χ3n) is 2.86. The number of hydrogen-bond donors (Lipinski definition) is 1. The van der Waals surface area contributed by atoms with Crippen molar-refractivity contribution in [3.8, 4) is 16.9 Å². The molecule has 0 bridgehead atoms. The van der Waals surface area contributed by atoms with E-state index in [1.165, 1.54) is 0 Å². The van der Waals surface area contributed by atoms with Crippen molar-refractivity contribution in [2.24, 2.45) is 5.73 Å². The monoisotopic (exact) mass is 305 g/mol. The van der Waals surface area contributed by atoms with Crippen LogP contribution in [-0.2, 0) is 0 Å². The van der Waals surface area contributed by atoms with Crippen molar-refractivity contribution in [3.63, 3.8) is 0 Å². The molecule has 104 valence electrons. The summed E-state index contributed by atoms with van der Waals surface area (Å²) in [6.45, 7) is 0.557. The number of thiocarbonyl (C=S) groups is 1. The van der Waals surface area contributed by atoms with Crippen LogP contribution in [0.2, 0.25) is 5.02 Å². The summed E-state index contributed by atoms with van der Waals surface area (Å²) in [5.41, 5.74) is 7.64. The molecule has 0 aliphatic carbocycles. The van der Waals surface area contributed by atoms with Crippen molar-refractivity contribution in [1.82, 2.24) is 0 Å². The molecular formula is C16H16ClNOS. The van der Waals surface area contributed by atoms with Gasteiger partial charge in [-0.3, -0.25) is 0 Å². The van der Waals surface area contributed by atoms with Gasteiger partial charge in [-0.1, -0.05) is 60.2 Å². The standard InChI is InChI=1S/C16H16ClNOS/c17-14-11-13(12-5-2-1-3-6-12)8-9-15(14)19-10-4-7-16(18)20/h1-3,5-6,8-9,11H,4,7,10H2,(H2,18,20). The first kappa shape index (κ1) is 14.8. The minimum atomic E-state index is 0.513. The fourth-order valence-electron chi connectivity index (χ4n) is 1.86. The third kappa shape index (κ3) is 4.22. The second kappa shape index (κ2) is 7.27. The number of halogens is 1. The number of nitrogens with two attached hydrogens (primary N) is 1. The summed E-state index contributed by atoms with van der Waals surface area (Å²) in [4.78, 5) is 0.513. The first-order valence-corrected chi connectivity index (χ1v) is 7.21. The Balaban J connectivity index is 2.01. The average molecular weight is 306 g/mol. The summed E-state index contributed by atoms with van der Waals surface area (Å²) in [7, 11) is 0. The Bertz CT molecular complexity index is 586. The van der Waals surface area contributed by atoms with Gasteiger partial charge in [-0.2, -0.15) is 0 Å².